The Hall–Kier alpha value is -2.59. The monoisotopic (exact) mass is 384 g/mol. The van der Waals surface area contributed by atoms with E-state index in [1.54, 1.807) is 0 Å². The van der Waals surface area contributed by atoms with E-state index in [2.05, 4.69) is 0 Å². The van der Waals surface area contributed by atoms with Gasteiger partial charge in [-0.2, -0.15) is 4.31 Å². The van der Waals surface area contributed by atoms with Gasteiger partial charge in [0.25, 0.3) is 5.69 Å². The highest BCUT2D eigenvalue weighted by Crippen LogP contribution is 2.25. The van der Waals surface area contributed by atoms with Crippen LogP contribution in [-0.2, 0) is 19.6 Å². The number of sulfonamides is 1. The molecule has 0 aromatic heterocycles. The Morgan fingerprint density at radius 2 is 1.81 bits per heavy atom. The number of non-ortho nitro benzene ring substituents is 1. The van der Waals surface area contributed by atoms with Gasteiger partial charge in [0.1, 0.15) is 6.04 Å². The topological polar surface area (TPSA) is 135 Å². The third-order valence-electron chi connectivity index (χ3n) is 3.44. The molecule has 0 radical (unpaired) electrons. The Morgan fingerprint density at radius 1 is 1.27 bits per heavy atom. The van der Waals surface area contributed by atoms with Gasteiger partial charge in [-0.1, -0.05) is 6.08 Å². The SMILES string of the molecule is CC(=O)C=CC[C@@H](C(=O)O)N(C(C)C)S(=O)(=O)c1ccc([N+](=O)[O-])cc1. The smallest absolute Gasteiger partial charge is 0.322 e. The molecule has 0 heterocycles. The summed E-state index contributed by atoms with van der Waals surface area (Å²) in [6.45, 7) is 4.33. The van der Waals surface area contributed by atoms with E-state index >= 15 is 0 Å². The van der Waals surface area contributed by atoms with Gasteiger partial charge in [-0.15, -0.1) is 0 Å². The van der Waals surface area contributed by atoms with E-state index in [0.29, 0.717) is 0 Å². The Bertz CT molecular complexity index is 814. The zero-order chi connectivity index (χ0) is 20.1. The lowest BCUT2D eigenvalue weighted by atomic mass is 10.1. The average molecular weight is 384 g/mol. The highest BCUT2D eigenvalue weighted by atomic mass is 32.2. The third kappa shape index (κ3) is 5.20. The number of nitrogens with zero attached hydrogens (tertiary/aromatic N) is 2. The maximum atomic E-state index is 12.9. The third-order valence-corrected chi connectivity index (χ3v) is 5.54. The van der Waals surface area contributed by atoms with E-state index in [-0.39, 0.29) is 22.8 Å². The van der Waals surface area contributed by atoms with Crippen molar-refractivity contribution in [2.24, 2.45) is 0 Å². The molecule has 9 nitrogen and oxygen atoms in total. The second-order valence-electron chi connectivity index (χ2n) is 5.78. The first-order valence-corrected chi connectivity index (χ1v) is 9.10. The highest BCUT2D eigenvalue weighted by molar-refractivity contribution is 7.89. The Balaban J connectivity index is 3.32. The second kappa shape index (κ2) is 8.68. The molecule has 1 atom stereocenters. The summed E-state index contributed by atoms with van der Waals surface area (Å²) in [5.41, 5.74) is -0.278. The summed E-state index contributed by atoms with van der Waals surface area (Å²) < 4.78 is 26.6. The van der Waals surface area contributed by atoms with Crippen LogP contribution in [0.15, 0.2) is 41.3 Å². The molecule has 0 spiro atoms. The van der Waals surface area contributed by atoms with Crippen molar-refractivity contribution in [3.63, 3.8) is 0 Å². The number of carboxylic acids is 1. The minimum atomic E-state index is -4.23. The van der Waals surface area contributed by atoms with Gasteiger partial charge in [-0.3, -0.25) is 19.7 Å². The zero-order valence-corrected chi connectivity index (χ0v) is 15.3. The van der Waals surface area contributed by atoms with Crippen LogP contribution < -0.4 is 0 Å². The quantitative estimate of drug-likeness (QED) is 0.391. The fraction of sp³-hybridized carbons (Fsp3) is 0.375. The summed E-state index contributed by atoms with van der Waals surface area (Å²) >= 11 is 0. The van der Waals surface area contributed by atoms with Crippen LogP contribution in [0, 0.1) is 10.1 Å². The van der Waals surface area contributed by atoms with E-state index in [1.165, 1.54) is 32.9 Å². The fourth-order valence-electron chi connectivity index (χ4n) is 2.34. The fourth-order valence-corrected chi connectivity index (χ4v) is 4.13. The number of aliphatic carboxylic acids is 1. The minimum absolute atomic E-state index is 0.195. The number of hydrogen-bond donors (Lipinski definition) is 1. The Labute approximate surface area is 151 Å². The first-order chi connectivity index (χ1) is 12.0. The molecule has 0 aliphatic carbocycles. The van der Waals surface area contributed by atoms with E-state index in [4.69, 9.17) is 0 Å². The van der Waals surface area contributed by atoms with E-state index < -0.39 is 33.0 Å². The van der Waals surface area contributed by atoms with Crippen LogP contribution in [0.25, 0.3) is 0 Å². The molecule has 0 fully saturated rings. The first-order valence-electron chi connectivity index (χ1n) is 7.66. The van der Waals surface area contributed by atoms with E-state index in [0.717, 1.165) is 28.6 Å². The van der Waals surface area contributed by atoms with Crippen molar-refractivity contribution in [3.8, 4) is 0 Å². The highest BCUT2D eigenvalue weighted by Gasteiger charge is 2.37. The van der Waals surface area contributed by atoms with Gasteiger partial charge in [-0.05, 0) is 45.4 Å². The Kier molecular flexibility index (Phi) is 7.16. The van der Waals surface area contributed by atoms with Crippen LogP contribution in [-0.4, -0.2) is 46.6 Å². The molecule has 10 heteroatoms. The van der Waals surface area contributed by atoms with Crippen molar-refractivity contribution in [1.29, 1.82) is 0 Å². The Morgan fingerprint density at radius 3 is 2.19 bits per heavy atom. The second-order valence-corrected chi connectivity index (χ2v) is 7.63. The molecule has 0 unspecified atom stereocenters. The molecule has 26 heavy (non-hydrogen) atoms. The predicted octanol–water partition coefficient (Wildman–Crippen LogP) is 1.98. The van der Waals surface area contributed by atoms with Gasteiger partial charge >= 0.3 is 5.97 Å². The number of rotatable bonds is 9. The van der Waals surface area contributed by atoms with Gasteiger partial charge in [0, 0.05) is 18.2 Å². The van der Waals surface area contributed by atoms with E-state index in [9.17, 15) is 33.2 Å². The summed E-state index contributed by atoms with van der Waals surface area (Å²) in [6.07, 6.45) is 2.29. The van der Waals surface area contributed by atoms with Crippen molar-refractivity contribution in [2.75, 3.05) is 0 Å². The standard InChI is InChI=1S/C16H20N2O7S/c1-11(2)17(15(16(20)21)6-4-5-12(3)19)26(24,25)14-9-7-13(8-10-14)18(22)23/h4-5,7-11,15H,6H2,1-3H3,(H,20,21)/t15-/m0/s1. The largest absolute Gasteiger partial charge is 0.480 e. The van der Waals surface area contributed by atoms with Crippen LogP contribution in [0.4, 0.5) is 5.69 Å². The lowest BCUT2D eigenvalue weighted by Gasteiger charge is -2.30. The van der Waals surface area contributed by atoms with Gasteiger partial charge in [-0.25, -0.2) is 8.42 Å². The summed E-state index contributed by atoms with van der Waals surface area (Å²) in [5.74, 6) is -1.65. The summed E-state index contributed by atoms with van der Waals surface area (Å²) in [6, 6.07) is 2.08. The number of carbonyl (C=O) groups excluding carboxylic acids is 1. The van der Waals surface area contributed by atoms with Crippen LogP contribution in [0.5, 0.6) is 0 Å². The van der Waals surface area contributed by atoms with Crippen molar-refractivity contribution >= 4 is 27.5 Å². The molecule has 142 valence electrons. The number of allylic oxidation sites excluding steroid dienone is 1. The van der Waals surface area contributed by atoms with Crippen molar-refractivity contribution in [2.45, 2.75) is 44.2 Å². The number of hydrogen-bond acceptors (Lipinski definition) is 6. The number of ketones is 1. The van der Waals surface area contributed by atoms with Crippen molar-refractivity contribution in [3.05, 3.63) is 46.5 Å². The summed E-state index contributed by atoms with van der Waals surface area (Å²) in [5, 5.41) is 20.2. The number of nitro benzene ring substituents is 1. The van der Waals surface area contributed by atoms with Crippen LogP contribution >= 0.6 is 0 Å². The average Bonchev–Trinajstić information content (AvgIpc) is 2.52. The molecule has 0 aliphatic rings. The number of carbonyl (C=O) groups is 2. The predicted molar refractivity (Wildman–Crippen MR) is 93.1 cm³/mol. The molecular formula is C16H20N2O7S. The van der Waals surface area contributed by atoms with Gasteiger partial charge in [0.15, 0.2) is 5.78 Å². The van der Waals surface area contributed by atoms with Crippen LogP contribution in [0.3, 0.4) is 0 Å². The van der Waals surface area contributed by atoms with Gasteiger partial charge in [0.2, 0.25) is 10.0 Å². The lowest BCUT2D eigenvalue weighted by molar-refractivity contribution is -0.384. The lowest BCUT2D eigenvalue weighted by Crippen LogP contribution is -2.48. The number of nitro groups is 1. The molecule has 0 bridgehead atoms. The summed E-state index contributed by atoms with van der Waals surface area (Å²) in [4.78, 5) is 32.4. The molecule has 1 aromatic carbocycles. The molecular weight excluding hydrogens is 364 g/mol. The molecule has 1 N–H and O–H groups in total. The zero-order valence-electron chi connectivity index (χ0n) is 14.5. The molecule has 1 aromatic rings. The number of benzene rings is 1. The molecule has 0 aliphatic heterocycles. The maximum absolute atomic E-state index is 12.9. The van der Waals surface area contributed by atoms with Crippen molar-refractivity contribution in [1.82, 2.24) is 4.31 Å². The van der Waals surface area contributed by atoms with Crippen LogP contribution in [0.1, 0.15) is 27.2 Å². The van der Waals surface area contributed by atoms with Crippen LogP contribution in [0.2, 0.25) is 0 Å². The summed E-state index contributed by atoms with van der Waals surface area (Å²) in [7, 11) is -4.23. The molecule has 0 amide bonds. The molecule has 0 saturated heterocycles. The number of carboxylic acid groups (broad SMARTS) is 1. The van der Waals surface area contributed by atoms with E-state index in [1.807, 2.05) is 0 Å². The minimum Gasteiger partial charge on any atom is -0.480 e. The molecule has 0 saturated carbocycles. The molecule has 1 rings (SSSR count). The van der Waals surface area contributed by atoms with Gasteiger partial charge < -0.3 is 5.11 Å². The van der Waals surface area contributed by atoms with Gasteiger partial charge in [0.05, 0.1) is 9.82 Å². The van der Waals surface area contributed by atoms with Crippen molar-refractivity contribution < 1.29 is 28.0 Å². The first kappa shape index (κ1) is 21.5. The maximum Gasteiger partial charge on any atom is 0.322 e. The normalized spacial score (nSPS) is 13.3.